The molecular formula is C23H32O4Si. The second-order valence-electron chi connectivity index (χ2n) is 8.50. The molecule has 0 radical (unpaired) electrons. The highest BCUT2D eigenvalue weighted by molar-refractivity contribution is 6.90. The van der Waals surface area contributed by atoms with Gasteiger partial charge in [0, 0.05) is 0 Å². The van der Waals surface area contributed by atoms with E-state index in [1.807, 2.05) is 12.1 Å². The molecule has 0 aromatic heterocycles. The molecule has 0 amide bonds. The fraction of sp³-hybridized carbons (Fsp3) is 0.565. The van der Waals surface area contributed by atoms with E-state index in [-0.39, 0.29) is 24.0 Å². The van der Waals surface area contributed by atoms with Crippen LogP contribution in [-0.4, -0.2) is 27.1 Å². The standard InChI is InChI=1S/C23H32O4Si/c1-15(2)28(16(3)4,17(5)6)13-12-20-14-21(24)27-22(20)18-8-10-19(11-9-18)23(25)26-7/h8-11,15-17,20,22H,14H2,1-7H3/t20-,22-/m0/s1. The third-order valence-electron chi connectivity index (χ3n) is 6.01. The van der Waals surface area contributed by atoms with E-state index in [4.69, 9.17) is 9.47 Å². The molecule has 1 saturated heterocycles. The number of hydrogen-bond acceptors (Lipinski definition) is 4. The molecule has 28 heavy (non-hydrogen) atoms. The largest absolute Gasteiger partial charge is 0.465 e. The van der Waals surface area contributed by atoms with Gasteiger partial charge < -0.3 is 9.47 Å². The van der Waals surface area contributed by atoms with Crippen molar-refractivity contribution in [1.29, 1.82) is 0 Å². The highest BCUT2D eigenvalue weighted by Gasteiger charge is 2.42. The maximum atomic E-state index is 12.0. The molecule has 1 aromatic rings. The minimum absolute atomic E-state index is 0.153. The average molecular weight is 401 g/mol. The van der Waals surface area contributed by atoms with Crippen molar-refractivity contribution >= 4 is 20.0 Å². The number of cyclic esters (lactones) is 1. The van der Waals surface area contributed by atoms with Gasteiger partial charge >= 0.3 is 11.9 Å². The predicted octanol–water partition coefficient (Wildman–Crippen LogP) is 5.30. The van der Waals surface area contributed by atoms with E-state index in [0.717, 1.165) is 5.56 Å². The minimum Gasteiger partial charge on any atom is -0.465 e. The first-order valence-electron chi connectivity index (χ1n) is 10.0. The van der Waals surface area contributed by atoms with Gasteiger partial charge in [0.2, 0.25) is 0 Å². The van der Waals surface area contributed by atoms with E-state index < -0.39 is 8.07 Å². The van der Waals surface area contributed by atoms with Gasteiger partial charge in [-0.25, -0.2) is 4.79 Å². The summed E-state index contributed by atoms with van der Waals surface area (Å²) in [6.07, 6.45) is -0.0697. The zero-order valence-electron chi connectivity index (χ0n) is 18.0. The summed E-state index contributed by atoms with van der Waals surface area (Å²) >= 11 is 0. The van der Waals surface area contributed by atoms with Gasteiger partial charge in [-0.3, -0.25) is 4.79 Å². The number of hydrogen-bond donors (Lipinski definition) is 0. The number of rotatable bonds is 5. The summed E-state index contributed by atoms with van der Waals surface area (Å²) in [5.41, 5.74) is 6.67. The van der Waals surface area contributed by atoms with Crippen molar-refractivity contribution in [3.05, 3.63) is 35.4 Å². The molecule has 1 aromatic carbocycles. The van der Waals surface area contributed by atoms with E-state index in [2.05, 4.69) is 53.0 Å². The molecule has 1 aliphatic heterocycles. The normalized spacial score (nSPS) is 19.6. The maximum Gasteiger partial charge on any atom is 0.337 e. The van der Waals surface area contributed by atoms with Crippen LogP contribution in [0.4, 0.5) is 0 Å². The van der Waals surface area contributed by atoms with Gasteiger partial charge in [-0.15, -0.1) is 11.5 Å². The SMILES string of the molecule is COC(=O)c1ccc([C@@H]2OC(=O)C[C@@H]2C#C[Si](C(C)C)(C(C)C)C(C)C)cc1. The van der Waals surface area contributed by atoms with Crippen LogP contribution < -0.4 is 0 Å². The Kier molecular flexibility index (Phi) is 7.11. The Labute approximate surface area is 170 Å². The Bertz CT molecular complexity index is 746. The van der Waals surface area contributed by atoms with Crippen molar-refractivity contribution in [3.8, 4) is 11.5 Å². The van der Waals surface area contributed by atoms with Crippen molar-refractivity contribution in [2.75, 3.05) is 7.11 Å². The van der Waals surface area contributed by atoms with E-state index in [1.54, 1.807) is 12.1 Å². The number of methoxy groups -OCH3 is 1. The van der Waals surface area contributed by atoms with Crippen LogP contribution in [0, 0.1) is 17.4 Å². The first-order chi connectivity index (χ1) is 13.1. The zero-order valence-corrected chi connectivity index (χ0v) is 19.0. The third kappa shape index (κ3) is 4.33. The van der Waals surface area contributed by atoms with Gasteiger partial charge in [-0.2, -0.15) is 0 Å². The molecule has 0 aliphatic carbocycles. The monoisotopic (exact) mass is 400 g/mol. The number of carbonyl (C=O) groups is 2. The average Bonchev–Trinajstić information content (AvgIpc) is 3.01. The first-order valence-corrected chi connectivity index (χ1v) is 12.3. The molecule has 1 heterocycles. The van der Waals surface area contributed by atoms with Gasteiger partial charge in [0.05, 0.1) is 25.0 Å². The summed E-state index contributed by atoms with van der Waals surface area (Å²) in [7, 11) is -0.510. The quantitative estimate of drug-likeness (QED) is 0.382. The topological polar surface area (TPSA) is 52.6 Å². The fourth-order valence-electron chi connectivity index (χ4n) is 4.56. The minimum atomic E-state index is -1.87. The van der Waals surface area contributed by atoms with Gasteiger partial charge in [-0.1, -0.05) is 53.7 Å². The van der Waals surface area contributed by atoms with Gasteiger partial charge in [0.15, 0.2) is 0 Å². The van der Waals surface area contributed by atoms with Gasteiger partial charge in [0.1, 0.15) is 14.2 Å². The van der Waals surface area contributed by atoms with Crippen LogP contribution in [0.1, 0.15) is 70.0 Å². The lowest BCUT2D eigenvalue weighted by Gasteiger charge is -2.38. The molecule has 0 saturated carbocycles. The molecular weight excluding hydrogens is 368 g/mol. The van der Waals surface area contributed by atoms with Crippen molar-refractivity contribution in [3.63, 3.8) is 0 Å². The molecule has 4 nitrogen and oxygen atoms in total. The van der Waals surface area contributed by atoms with Crippen LogP contribution in [-0.2, 0) is 14.3 Å². The van der Waals surface area contributed by atoms with Crippen molar-refractivity contribution in [2.45, 2.75) is 70.7 Å². The molecule has 1 aliphatic rings. The summed E-state index contributed by atoms with van der Waals surface area (Å²) < 4.78 is 10.3. The molecule has 1 fully saturated rings. The molecule has 0 spiro atoms. The lowest BCUT2D eigenvalue weighted by atomic mass is 9.95. The lowest BCUT2D eigenvalue weighted by molar-refractivity contribution is -0.141. The molecule has 0 N–H and O–H groups in total. The summed E-state index contributed by atoms with van der Waals surface area (Å²) in [4.78, 5) is 23.7. The van der Waals surface area contributed by atoms with Crippen LogP contribution in [0.3, 0.4) is 0 Å². The highest BCUT2D eigenvalue weighted by Crippen LogP contribution is 2.42. The first kappa shape index (κ1) is 22.2. The predicted molar refractivity (Wildman–Crippen MR) is 114 cm³/mol. The second-order valence-corrected chi connectivity index (χ2v) is 14.1. The Hall–Kier alpha value is -2.06. The Morgan fingerprint density at radius 3 is 2.07 bits per heavy atom. The lowest BCUT2D eigenvalue weighted by Crippen LogP contribution is -2.43. The van der Waals surface area contributed by atoms with Crippen molar-refractivity contribution < 1.29 is 19.1 Å². The second kappa shape index (κ2) is 8.96. The number of benzene rings is 1. The smallest absolute Gasteiger partial charge is 0.337 e. The molecule has 152 valence electrons. The van der Waals surface area contributed by atoms with Gasteiger partial charge in [-0.05, 0) is 34.3 Å². The summed E-state index contributed by atoms with van der Waals surface area (Å²) in [5, 5.41) is 0. The Balaban J connectivity index is 2.36. The van der Waals surface area contributed by atoms with E-state index >= 15 is 0 Å². The number of carbonyl (C=O) groups excluding carboxylic acids is 2. The summed E-state index contributed by atoms with van der Waals surface area (Å²) in [5.74, 6) is 2.72. The maximum absolute atomic E-state index is 12.0. The van der Waals surface area contributed by atoms with E-state index in [1.165, 1.54) is 7.11 Å². The molecule has 2 rings (SSSR count). The van der Waals surface area contributed by atoms with Crippen LogP contribution in [0.25, 0.3) is 0 Å². The van der Waals surface area contributed by atoms with Crippen LogP contribution in [0.15, 0.2) is 24.3 Å². The summed E-state index contributed by atoms with van der Waals surface area (Å²) in [6.45, 7) is 13.7. The number of ether oxygens (including phenoxy) is 2. The summed E-state index contributed by atoms with van der Waals surface area (Å²) in [6, 6.07) is 7.05. The van der Waals surface area contributed by atoms with Crippen molar-refractivity contribution in [2.24, 2.45) is 5.92 Å². The van der Waals surface area contributed by atoms with Gasteiger partial charge in [0.25, 0.3) is 0 Å². The van der Waals surface area contributed by atoms with Crippen molar-refractivity contribution in [1.82, 2.24) is 0 Å². The third-order valence-corrected chi connectivity index (χ3v) is 12.3. The molecule has 0 unspecified atom stereocenters. The zero-order chi connectivity index (χ0) is 21.1. The Morgan fingerprint density at radius 1 is 1.07 bits per heavy atom. The fourth-order valence-corrected chi connectivity index (χ4v) is 9.86. The van der Waals surface area contributed by atoms with E-state index in [9.17, 15) is 9.59 Å². The van der Waals surface area contributed by atoms with Crippen LogP contribution >= 0.6 is 0 Å². The Morgan fingerprint density at radius 2 is 1.61 bits per heavy atom. The molecule has 2 atom stereocenters. The molecule has 5 heteroatoms. The van der Waals surface area contributed by atoms with E-state index in [0.29, 0.717) is 28.6 Å². The van der Waals surface area contributed by atoms with Crippen LogP contribution in [0.5, 0.6) is 0 Å². The molecule has 0 bridgehead atoms. The highest BCUT2D eigenvalue weighted by atomic mass is 28.3. The van der Waals surface area contributed by atoms with Crippen LogP contribution in [0.2, 0.25) is 16.6 Å². The number of esters is 2.